The molecule has 0 spiro atoms. The first-order valence-corrected chi connectivity index (χ1v) is 6.76. The standard InChI is InChI=1S/C16H13F4N3O/c1-9(2)23(10(3)24)14-5-4-13(22-15(14)16(18,19)20)11-6-12(17)8-21-7-11/h4-8H,1H2,2-3H3. The number of allylic oxidation sites excluding steroid dienone is 1. The zero-order valence-corrected chi connectivity index (χ0v) is 12.9. The monoisotopic (exact) mass is 339 g/mol. The summed E-state index contributed by atoms with van der Waals surface area (Å²) in [5.41, 5.74) is -1.59. The highest BCUT2D eigenvalue weighted by Gasteiger charge is 2.38. The second-order valence-electron chi connectivity index (χ2n) is 5.04. The van der Waals surface area contributed by atoms with Gasteiger partial charge in [0.15, 0.2) is 5.69 Å². The van der Waals surface area contributed by atoms with Crippen molar-refractivity contribution in [1.82, 2.24) is 9.97 Å². The van der Waals surface area contributed by atoms with E-state index in [1.807, 2.05) is 0 Å². The molecule has 0 atom stereocenters. The van der Waals surface area contributed by atoms with E-state index in [-0.39, 0.29) is 17.0 Å². The van der Waals surface area contributed by atoms with E-state index in [0.29, 0.717) is 0 Å². The zero-order valence-electron chi connectivity index (χ0n) is 12.9. The Morgan fingerprint density at radius 2 is 1.88 bits per heavy atom. The molecule has 1 amide bonds. The maximum atomic E-state index is 13.4. The van der Waals surface area contributed by atoms with Gasteiger partial charge in [0, 0.05) is 24.4 Å². The fourth-order valence-corrected chi connectivity index (χ4v) is 2.20. The topological polar surface area (TPSA) is 46.1 Å². The van der Waals surface area contributed by atoms with Crippen LogP contribution < -0.4 is 4.90 Å². The Balaban J connectivity index is 2.67. The highest BCUT2D eigenvalue weighted by Crippen LogP contribution is 2.37. The highest BCUT2D eigenvalue weighted by molar-refractivity contribution is 5.95. The van der Waals surface area contributed by atoms with E-state index in [1.54, 1.807) is 0 Å². The van der Waals surface area contributed by atoms with E-state index >= 15 is 0 Å². The van der Waals surface area contributed by atoms with E-state index in [2.05, 4.69) is 16.5 Å². The van der Waals surface area contributed by atoms with Crippen molar-refractivity contribution in [3.8, 4) is 11.3 Å². The summed E-state index contributed by atoms with van der Waals surface area (Å²) in [6, 6.07) is 3.39. The Bertz CT molecular complexity index is 788. The third kappa shape index (κ3) is 3.58. The second kappa shape index (κ2) is 6.38. The van der Waals surface area contributed by atoms with Gasteiger partial charge in [-0.1, -0.05) is 6.58 Å². The molecule has 2 aromatic heterocycles. The average Bonchev–Trinajstić information content (AvgIpc) is 2.45. The van der Waals surface area contributed by atoms with Gasteiger partial charge in [-0.15, -0.1) is 0 Å². The highest BCUT2D eigenvalue weighted by atomic mass is 19.4. The van der Waals surface area contributed by atoms with Crippen LogP contribution in [0.4, 0.5) is 23.2 Å². The molecule has 2 rings (SSSR count). The molecule has 2 heterocycles. The Morgan fingerprint density at radius 3 is 2.38 bits per heavy atom. The number of hydrogen-bond acceptors (Lipinski definition) is 3. The molecule has 0 radical (unpaired) electrons. The minimum absolute atomic E-state index is 0.0942. The molecular formula is C16H13F4N3O. The molecule has 0 aromatic carbocycles. The minimum Gasteiger partial charge on any atom is -0.284 e. The van der Waals surface area contributed by atoms with Crippen LogP contribution in [0.1, 0.15) is 19.5 Å². The maximum Gasteiger partial charge on any atom is 0.435 e. The first kappa shape index (κ1) is 17.6. The van der Waals surface area contributed by atoms with Gasteiger partial charge in [-0.2, -0.15) is 13.2 Å². The number of alkyl halides is 3. The molecule has 0 unspecified atom stereocenters. The zero-order chi connectivity index (χ0) is 18.1. The van der Waals surface area contributed by atoms with E-state index in [1.165, 1.54) is 19.2 Å². The van der Waals surface area contributed by atoms with Crippen molar-refractivity contribution in [3.63, 3.8) is 0 Å². The normalized spacial score (nSPS) is 11.2. The molecule has 0 saturated heterocycles. The summed E-state index contributed by atoms with van der Waals surface area (Å²) in [6.07, 6.45) is -2.68. The van der Waals surface area contributed by atoms with Crippen LogP contribution in [0.3, 0.4) is 0 Å². The summed E-state index contributed by atoms with van der Waals surface area (Å²) >= 11 is 0. The van der Waals surface area contributed by atoms with Crippen molar-refractivity contribution in [2.45, 2.75) is 20.0 Å². The Labute approximate surface area is 135 Å². The number of hydrogen-bond donors (Lipinski definition) is 0. The first-order valence-electron chi connectivity index (χ1n) is 6.76. The van der Waals surface area contributed by atoms with Gasteiger partial charge in [0.05, 0.1) is 17.6 Å². The summed E-state index contributed by atoms with van der Waals surface area (Å²) in [7, 11) is 0. The van der Waals surface area contributed by atoms with E-state index in [4.69, 9.17) is 0 Å². The van der Waals surface area contributed by atoms with Crippen molar-refractivity contribution in [1.29, 1.82) is 0 Å². The second-order valence-corrected chi connectivity index (χ2v) is 5.04. The van der Waals surface area contributed by atoms with Gasteiger partial charge in [0.25, 0.3) is 0 Å². The third-order valence-electron chi connectivity index (χ3n) is 3.08. The largest absolute Gasteiger partial charge is 0.435 e. The van der Waals surface area contributed by atoms with Gasteiger partial charge in [0.1, 0.15) is 5.82 Å². The summed E-state index contributed by atoms with van der Waals surface area (Å²) in [4.78, 5) is 19.7. The number of halogens is 4. The number of pyridine rings is 2. The number of aromatic nitrogens is 2. The molecule has 0 aliphatic carbocycles. The predicted molar refractivity (Wildman–Crippen MR) is 80.4 cm³/mol. The molecule has 126 valence electrons. The van der Waals surface area contributed by atoms with Crippen LogP contribution >= 0.6 is 0 Å². The molecule has 4 nitrogen and oxygen atoms in total. The summed E-state index contributed by atoms with van der Waals surface area (Å²) in [6.45, 7) is 6.05. The van der Waals surface area contributed by atoms with Crippen LogP contribution in [0.25, 0.3) is 11.3 Å². The van der Waals surface area contributed by atoms with Gasteiger partial charge in [-0.05, 0) is 25.1 Å². The first-order chi connectivity index (χ1) is 11.1. The van der Waals surface area contributed by atoms with Crippen molar-refractivity contribution in [2.75, 3.05) is 4.90 Å². The number of amides is 1. The van der Waals surface area contributed by atoms with Crippen LogP contribution in [-0.2, 0) is 11.0 Å². The molecule has 0 N–H and O–H groups in total. The Kier molecular flexibility index (Phi) is 4.68. The lowest BCUT2D eigenvalue weighted by molar-refractivity contribution is -0.140. The summed E-state index contributed by atoms with van der Waals surface area (Å²) in [5, 5.41) is 0. The van der Waals surface area contributed by atoms with Gasteiger partial charge < -0.3 is 0 Å². The smallest absolute Gasteiger partial charge is 0.284 e. The number of rotatable bonds is 3. The Morgan fingerprint density at radius 1 is 1.21 bits per heavy atom. The van der Waals surface area contributed by atoms with Crippen molar-refractivity contribution in [2.24, 2.45) is 0 Å². The van der Waals surface area contributed by atoms with Crippen molar-refractivity contribution >= 4 is 11.6 Å². The number of carbonyl (C=O) groups is 1. The molecule has 0 fully saturated rings. The molecule has 0 saturated carbocycles. The van der Waals surface area contributed by atoms with Crippen LogP contribution in [0.15, 0.2) is 42.9 Å². The SMILES string of the molecule is C=C(C)N(C(C)=O)c1ccc(-c2cncc(F)c2)nc1C(F)(F)F. The lowest BCUT2D eigenvalue weighted by atomic mass is 10.1. The maximum absolute atomic E-state index is 13.4. The molecule has 8 heteroatoms. The number of nitrogens with zero attached hydrogens (tertiary/aromatic N) is 3. The predicted octanol–water partition coefficient (Wildman–Crippen LogP) is 4.19. The lowest BCUT2D eigenvalue weighted by Crippen LogP contribution is -2.29. The molecular weight excluding hydrogens is 326 g/mol. The van der Waals surface area contributed by atoms with E-state index in [9.17, 15) is 22.4 Å². The lowest BCUT2D eigenvalue weighted by Gasteiger charge is -2.24. The number of anilines is 1. The van der Waals surface area contributed by atoms with Gasteiger partial charge in [0.2, 0.25) is 5.91 Å². The van der Waals surface area contributed by atoms with Crippen LogP contribution in [-0.4, -0.2) is 15.9 Å². The van der Waals surface area contributed by atoms with Gasteiger partial charge >= 0.3 is 6.18 Å². The van der Waals surface area contributed by atoms with E-state index in [0.717, 1.165) is 30.2 Å². The Hall–Kier alpha value is -2.77. The summed E-state index contributed by atoms with van der Waals surface area (Å²) < 4.78 is 53.4. The average molecular weight is 339 g/mol. The van der Waals surface area contributed by atoms with Crippen molar-refractivity contribution in [3.05, 3.63) is 54.4 Å². The fourth-order valence-electron chi connectivity index (χ4n) is 2.20. The number of carbonyl (C=O) groups excluding carboxylic acids is 1. The van der Waals surface area contributed by atoms with Crippen LogP contribution in [0, 0.1) is 5.82 Å². The minimum atomic E-state index is -4.81. The quantitative estimate of drug-likeness (QED) is 0.788. The molecule has 0 aliphatic heterocycles. The van der Waals surface area contributed by atoms with Crippen LogP contribution in [0.2, 0.25) is 0 Å². The molecule has 24 heavy (non-hydrogen) atoms. The molecule has 2 aromatic rings. The molecule has 0 bridgehead atoms. The summed E-state index contributed by atoms with van der Waals surface area (Å²) in [5.74, 6) is -1.32. The molecule has 0 aliphatic rings. The van der Waals surface area contributed by atoms with Crippen molar-refractivity contribution < 1.29 is 22.4 Å². The van der Waals surface area contributed by atoms with Crippen LogP contribution in [0.5, 0.6) is 0 Å². The fraction of sp³-hybridized carbons (Fsp3) is 0.188. The van der Waals surface area contributed by atoms with E-state index < -0.39 is 29.3 Å². The third-order valence-corrected chi connectivity index (χ3v) is 3.08. The van der Waals surface area contributed by atoms with Gasteiger partial charge in [-0.3, -0.25) is 14.7 Å². The van der Waals surface area contributed by atoms with Gasteiger partial charge in [-0.25, -0.2) is 9.37 Å².